The lowest BCUT2D eigenvalue weighted by molar-refractivity contribution is 0.0332. The van der Waals surface area contributed by atoms with Gasteiger partial charge in [-0.15, -0.1) is 0 Å². The smallest absolute Gasteiger partial charge is 0.0274 e. The lowest BCUT2D eigenvalue weighted by Crippen LogP contribution is -2.37. The Kier molecular flexibility index (Phi) is 9.21. The Morgan fingerprint density at radius 1 is 0.762 bits per heavy atom. The van der Waals surface area contributed by atoms with Crippen molar-refractivity contribution in [2.75, 3.05) is 0 Å². The average Bonchev–Trinajstić information content (AvgIpc) is 2.48. The third-order valence-electron chi connectivity index (χ3n) is 7.07. The summed E-state index contributed by atoms with van der Waals surface area (Å²) in [5.41, 5.74) is 1.08. The second kappa shape index (κ2) is 9.21. The van der Waals surface area contributed by atoms with Crippen LogP contribution in [0.3, 0.4) is 0 Å². The molecule has 0 fully saturated rings. The van der Waals surface area contributed by atoms with Crippen LogP contribution < -0.4 is 0 Å². The van der Waals surface area contributed by atoms with Crippen LogP contribution in [0, 0.1) is 28.6 Å². The molecule has 3 atom stereocenters. The predicted octanol–water partition coefficient (Wildman–Crippen LogP) is 7.72. The second-order valence-electron chi connectivity index (χ2n) is 8.26. The first kappa shape index (κ1) is 21.0. The Labute approximate surface area is 136 Å². The van der Waals surface area contributed by atoms with E-state index in [2.05, 4.69) is 62.3 Å². The van der Waals surface area contributed by atoms with E-state index in [1.54, 1.807) is 0 Å². The van der Waals surface area contributed by atoms with E-state index >= 15 is 0 Å². The molecule has 0 saturated carbocycles. The largest absolute Gasteiger partial charge is 0.0651 e. The fourth-order valence-electron chi connectivity index (χ4n) is 4.57. The molecule has 0 aromatic rings. The number of rotatable bonds is 11. The first-order valence-electron chi connectivity index (χ1n) is 9.75. The zero-order chi connectivity index (χ0) is 16.7. The van der Waals surface area contributed by atoms with Crippen molar-refractivity contribution in [1.29, 1.82) is 0 Å². The van der Waals surface area contributed by atoms with E-state index in [-0.39, 0.29) is 0 Å². The molecule has 0 aliphatic rings. The van der Waals surface area contributed by atoms with Crippen LogP contribution in [0.5, 0.6) is 0 Å². The Balaban J connectivity index is 5.26. The lowest BCUT2D eigenvalue weighted by Gasteiger charge is -2.47. The van der Waals surface area contributed by atoms with E-state index in [0.717, 1.165) is 17.8 Å². The standard InChI is InChI=1S/C21H44/c1-10-19(16-21(12-3,13-4)14-5)20(9,11-2)18(8)15-17(6)7/h17-19H,10-16H2,1-9H3. The SMILES string of the molecule is CCC(CC(CC)(CC)CC)C(C)(CC)C(C)CC(C)C. The highest BCUT2D eigenvalue weighted by Gasteiger charge is 2.40. The molecule has 0 nitrogen and oxygen atoms in total. The van der Waals surface area contributed by atoms with Crippen molar-refractivity contribution in [3.05, 3.63) is 0 Å². The highest BCUT2D eigenvalue weighted by atomic mass is 14.4. The number of hydrogen-bond acceptors (Lipinski definition) is 0. The molecule has 21 heavy (non-hydrogen) atoms. The Hall–Kier alpha value is 0. The molecule has 0 radical (unpaired) electrons. The normalized spacial score (nSPS) is 18.6. The monoisotopic (exact) mass is 296 g/mol. The van der Waals surface area contributed by atoms with Crippen molar-refractivity contribution in [3.63, 3.8) is 0 Å². The van der Waals surface area contributed by atoms with Gasteiger partial charge in [0.15, 0.2) is 0 Å². The van der Waals surface area contributed by atoms with Crippen LogP contribution in [-0.4, -0.2) is 0 Å². The Morgan fingerprint density at radius 2 is 1.24 bits per heavy atom. The molecule has 3 unspecified atom stereocenters. The minimum atomic E-state index is 0.504. The minimum absolute atomic E-state index is 0.504. The maximum Gasteiger partial charge on any atom is -0.0274 e. The average molecular weight is 297 g/mol. The second-order valence-corrected chi connectivity index (χ2v) is 8.26. The topological polar surface area (TPSA) is 0 Å². The Morgan fingerprint density at radius 3 is 1.52 bits per heavy atom. The van der Waals surface area contributed by atoms with Crippen molar-refractivity contribution < 1.29 is 0 Å². The van der Waals surface area contributed by atoms with Crippen LogP contribution in [-0.2, 0) is 0 Å². The van der Waals surface area contributed by atoms with E-state index in [1.165, 1.54) is 44.9 Å². The van der Waals surface area contributed by atoms with Crippen molar-refractivity contribution in [1.82, 2.24) is 0 Å². The summed E-state index contributed by atoms with van der Waals surface area (Å²) in [7, 11) is 0. The van der Waals surface area contributed by atoms with E-state index in [4.69, 9.17) is 0 Å². The van der Waals surface area contributed by atoms with Crippen LogP contribution in [0.1, 0.15) is 107 Å². The molecule has 0 heterocycles. The molecular formula is C21H44. The summed E-state index contributed by atoms with van der Waals surface area (Å²) in [6.07, 6.45) is 9.50. The molecule has 0 aromatic heterocycles. The van der Waals surface area contributed by atoms with Crippen molar-refractivity contribution in [2.24, 2.45) is 28.6 Å². The fraction of sp³-hybridized carbons (Fsp3) is 1.00. The fourth-order valence-corrected chi connectivity index (χ4v) is 4.57. The van der Waals surface area contributed by atoms with Gasteiger partial charge in [0.1, 0.15) is 0 Å². The van der Waals surface area contributed by atoms with Crippen molar-refractivity contribution in [3.8, 4) is 0 Å². The zero-order valence-electron chi connectivity index (χ0n) is 16.7. The number of hydrogen-bond donors (Lipinski definition) is 0. The van der Waals surface area contributed by atoms with Crippen LogP contribution in [0.2, 0.25) is 0 Å². The van der Waals surface area contributed by atoms with Gasteiger partial charge in [-0.25, -0.2) is 0 Å². The summed E-state index contributed by atoms with van der Waals surface area (Å²) in [6.45, 7) is 21.9. The summed E-state index contributed by atoms with van der Waals surface area (Å²) in [5.74, 6) is 2.52. The van der Waals surface area contributed by atoms with Crippen LogP contribution in [0.15, 0.2) is 0 Å². The summed E-state index contributed by atoms with van der Waals surface area (Å²) < 4.78 is 0. The zero-order valence-corrected chi connectivity index (χ0v) is 16.7. The first-order valence-corrected chi connectivity index (χ1v) is 9.75. The first-order chi connectivity index (χ1) is 9.75. The van der Waals surface area contributed by atoms with Gasteiger partial charge in [0, 0.05) is 0 Å². The van der Waals surface area contributed by atoms with Gasteiger partial charge in [0.2, 0.25) is 0 Å². The van der Waals surface area contributed by atoms with E-state index in [0.29, 0.717) is 10.8 Å². The van der Waals surface area contributed by atoms with Crippen LogP contribution in [0.4, 0.5) is 0 Å². The third-order valence-corrected chi connectivity index (χ3v) is 7.07. The molecule has 0 aromatic carbocycles. The van der Waals surface area contributed by atoms with Gasteiger partial charge < -0.3 is 0 Å². The molecule has 0 N–H and O–H groups in total. The van der Waals surface area contributed by atoms with Crippen molar-refractivity contribution in [2.45, 2.75) is 107 Å². The Bertz CT molecular complexity index is 253. The molecule has 0 rings (SSSR count). The van der Waals surface area contributed by atoms with Gasteiger partial charge in [-0.05, 0) is 41.4 Å². The summed E-state index contributed by atoms with van der Waals surface area (Å²) in [4.78, 5) is 0. The third kappa shape index (κ3) is 5.29. The molecule has 0 saturated heterocycles. The van der Waals surface area contributed by atoms with Crippen LogP contribution >= 0.6 is 0 Å². The molecule has 0 amide bonds. The van der Waals surface area contributed by atoms with Gasteiger partial charge in [-0.2, -0.15) is 0 Å². The van der Waals surface area contributed by atoms with Gasteiger partial charge in [0.25, 0.3) is 0 Å². The maximum atomic E-state index is 2.58. The van der Waals surface area contributed by atoms with E-state index < -0.39 is 0 Å². The predicted molar refractivity (Wildman–Crippen MR) is 98.7 cm³/mol. The molecule has 0 bridgehead atoms. The van der Waals surface area contributed by atoms with Gasteiger partial charge in [0.05, 0.1) is 0 Å². The van der Waals surface area contributed by atoms with Crippen molar-refractivity contribution >= 4 is 0 Å². The quantitative estimate of drug-likeness (QED) is 0.366. The van der Waals surface area contributed by atoms with Gasteiger partial charge >= 0.3 is 0 Å². The van der Waals surface area contributed by atoms with E-state index in [9.17, 15) is 0 Å². The molecular weight excluding hydrogens is 252 g/mol. The molecule has 0 heteroatoms. The van der Waals surface area contributed by atoms with Gasteiger partial charge in [-0.3, -0.25) is 0 Å². The van der Waals surface area contributed by atoms with Gasteiger partial charge in [-0.1, -0.05) is 94.4 Å². The minimum Gasteiger partial charge on any atom is -0.0651 e. The maximum absolute atomic E-state index is 2.58. The molecule has 0 aliphatic carbocycles. The molecule has 0 aliphatic heterocycles. The van der Waals surface area contributed by atoms with Crippen LogP contribution in [0.25, 0.3) is 0 Å². The summed E-state index contributed by atoms with van der Waals surface area (Å²) in [6, 6.07) is 0. The lowest BCUT2D eigenvalue weighted by atomic mass is 9.58. The molecule has 128 valence electrons. The highest BCUT2D eigenvalue weighted by Crippen LogP contribution is 2.50. The summed E-state index contributed by atoms with van der Waals surface area (Å²) in [5, 5.41) is 0. The highest BCUT2D eigenvalue weighted by molar-refractivity contribution is 4.90. The van der Waals surface area contributed by atoms with E-state index in [1.807, 2.05) is 0 Å². The summed E-state index contributed by atoms with van der Waals surface area (Å²) >= 11 is 0. The molecule has 0 spiro atoms.